The van der Waals surface area contributed by atoms with Gasteiger partial charge < -0.3 is 15.2 Å². The Morgan fingerprint density at radius 3 is 2.29 bits per heavy atom. The molecule has 0 amide bonds. The molecule has 1 aromatic carbocycles. The van der Waals surface area contributed by atoms with Crippen LogP contribution in [0.2, 0.25) is 0 Å². The van der Waals surface area contributed by atoms with Crippen LogP contribution < -0.4 is 15.2 Å². The number of ether oxygens (including phenoxy) is 2. The standard InChI is InChI=1S/C10H13N5O2/c1-16-7-3-6(4-8(5-7)17-2)9(11)10-12-14-15-13-10/h3-5,9H,11H2,1-2H3,(H,12,13,14,15). The highest BCUT2D eigenvalue weighted by atomic mass is 16.5. The summed E-state index contributed by atoms with van der Waals surface area (Å²) in [5, 5.41) is 13.5. The van der Waals surface area contributed by atoms with Crippen molar-refractivity contribution in [3.63, 3.8) is 0 Å². The molecule has 0 radical (unpaired) electrons. The minimum absolute atomic E-state index is 0.417. The van der Waals surface area contributed by atoms with Crippen LogP contribution in [-0.4, -0.2) is 34.8 Å². The molecular formula is C10H13N5O2. The molecule has 0 aliphatic carbocycles. The van der Waals surface area contributed by atoms with Crippen molar-refractivity contribution in [2.45, 2.75) is 6.04 Å². The van der Waals surface area contributed by atoms with Gasteiger partial charge in [0.2, 0.25) is 0 Å². The lowest BCUT2D eigenvalue weighted by Gasteiger charge is -2.11. The molecule has 1 aromatic heterocycles. The van der Waals surface area contributed by atoms with E-state index in [2.05, 4.69) is 20.6 Å². The highest BCUT2D eigenvalue weighted by Crippen LogP contribution is 2.27. The molecule has 0 aliphatic rings. The van der Waals surface area contributed by atoms with Gasteiger partial charge in [0.25, 0.3) is 0 Å². The van der Waals surface area contributed by atoms with Gasteiger partial charge in [-0.15, -0.1) is 10.2 Å². The van der Waals surface area contributed by atoms with Crippen LogP contribution in [0.5, 0.6) is 11.5 Å². The smallest absolute Gasteiger partial charge is 0.195 e. The summed E-state index contributed by atoms with van der Waals surface area (Å²) >= 11 is 0. The first-order valence-electron chi connectivity index (χ1n) is 4.96. The Balaban J connectivity index is 2.37. The van der Waals surface area contributed by atoms with Gasteiger partial charge in [0.05, 0.1) is 20.3 Å². The monoisotopic (exact) mass is 235 g/mol. The topological polar surface area (TPSA) is 98.9 Å². The second-order valence-corrected chi connectivity index (χ2v) is 3.39. The average Bonchev–Trinajstić information content (AvgIpc) is 2.91. The lowest BCUT2D eigenvalue weighted by Crippen LogP contribution is -2.14. The number of nitrogens with two attached hydrogens (primary N) is 1. The zero-order valence-electron chi connectivity index (χ0n) is 9.54. The third-order valence-corrected chi connectivity index (χ3v) is 2.37. The van der Waals surface area contributed by atoms with Crippen LogP contribution >= 0.6 is 0 Å². The summed E-state index contributed by atoms with van der Waals surface area (Å²) in [6.45, 7) is 0. The number of hydrogen-bond donors (Lipinski definition) is 2. The van der Waals surface area contributed by atoms with Gasteiger partial charge in [-0.3, -0.25) is 0 Å². The van der Waals surface area contributed by atoms with E-state index in [-0.39, 0.29) is 0 Å². The van der Waals surface area contributed by atoms with Crippen molar-refractivity contribution in [3.8, 4) is 11.5 Å². The molecule has 3 N–H and O–H groups in total. The second-order valence-electron chi connectivity index (χ2n) is 3.39. The number of aromatic nitrogens is 4. The van der Waals surface area contributed by atoms with E-state index in [1.165, 1.54) is 0 Å². The van der Waals surface area contributed by atoms with Gasteiger partial charge in [-0.2, -0.15) is 5.21 Å². The maximum atomic E-state index is 6.01. The van der Waals surface area contributed by atoms with Crippen LogP contribution in [0.25, 0.3) is 0 Å². The molecule has 2 rings (SSSR count). The number of nitrogens with zero attached hydrogens (tertiary/aromatic N) is 3. The van der Waals surface area contributed by atoms with Gasteiger partial charge in [0.15, 0.2) is 5.82 Å². The Hall–Kier alpha value is -2.15. The summed E-state index contributed by atoms with van der Waals surface area (Å²) in [6, 6.07) is 4.91. The largest absolute Gasteiger partial charge is 0.497 e. The summed E-state index contributed by atoms with van der Waals surface area (Å²) in [5.74, 6) is 1.75. The quantitative estimate of drug-likeness (QED) is 0.788. The summed E-state index contributed by atoms with van der Waals surface area (Å²) in [6.07, 6.45) is 0. The molecule has 0 aliphatic heterocycles. The zero-order valence-corrected chi connectivity index (χ0v) is 9.54. The number of methoxy groups -OCH3 is 2. The van der Waals surface area contributed by atoms with E-state index in [0.717, 1.165) is 5.56 Å². The van der Waals surface area contributed by atoms with E-state index in [1.54, 1.807) is 20.3 Å². The molecule has 0 saturated heterocycles. The van der Waals surface area contributed by atoms with Gasteiger partial charge in [-0.25, -0.2) is 0 Å². The molecule has 1 unspecified atom stereocenters. The summed E-state index contributed by atoms with van der Waals surface area (Å²) < 4.78 is 10.3. The Labute approximate surface area is 97.9 Å². The molecule has 0 bridgehead atoms. The lowest BCUT2D eigenvalue weighted by molar-refractivity contribution is 0.393. The maximum Gasteiger partial charge on any atom is 0.195 e. The fourth-order valence-electron chi connectivity index (χ4n) is 1.46. The molecule has 2 aromatic rings. The predicted molar refractivity (Wildman–Crippen MR) is 59.8 cm³/mol. The van der Waals surface area contributed by atoms with E-state index in [4.69, 9.17) is 15.2 Å². The first-order valence-corrected chi connectivity index (χ1v) is 4.96. The van der Waals surface area contributed by atoms with E-state index in [9.17, 15) is 0 Å². The lowest BCUT2D eigenvalue weighted by atomic mass is 10.1. The highest BCUT2D eigenvalue weighted by molar-refractivity contribution is 5.41. The van der Waals surface area contributed by atoms with Crippen LogP contribution in [0.4, 0.5) is 0 Å². The normalized spacial score (nSPS) is 12.2. The minimum atomic E-state index is -0.474. The molecule has 0 fully saturated rings. The fraction of sp³-hybridized carbons (Fsp3) is 0.300. The highest BCUT2D eigenvalue weighted by Gasteiger charge is 2.15. The number of benzene rings is 1. The van der Waals surface area contributed by atoms with Gasteiger partial charge >= 0.3 is 0 Å². The predicted octanol–water partition coefficient (Wildman–Crippen LogP) is 0.265. The molecule has 90 valence electrons. The summed E-state index contributed by atoms with van der Waals surface area (Å²) in [4.78, 5) is 0. The van der Waals surface area contributed by atoms with Crippen LogP contribution in [0.3, 0.4) is 0 Å². The number of hydrogen-bond acceptors (Lipinski definition) is 6. The fourth-order valence-corrected chi connectivity index (χ4v) is 1.46. The Morgan fingerprint density at radius 1 is 1.18 bits per heavy atom. The number of H-pyrrole nitrogens is 1. The van der Waals surface area contributed by atoms with Crippen LogP contribution in [-0.2, 0) is 0 Å². The van der Waals surface area contributed by atoms with Crippen molar-refractivity contribution in [2.75, 3.05) is 14.2 Å². The SMILES string of the molecule is COc1cc(OC)cc(C(N)c2nn[nH]n2)c1. The van der Waals surface area contributed by atoms with Crippen LogP contribution in [0.15, 0.2) is 18.2 Å². The van der Waals surface area contributed by atoms with Crippen molar-refractivity contribution in [1.82, 2.24) is 20.6 Å². The van der Waals surface area contributed by atoms with Crippen LogP contribution in [0, 0.1) is 0 Å². The Bertz CT molecular complexity index is 463. The van der Waals surface area contributed by atoms with Crippen molar-refractivity contribution < 1.29 is 9.47 Å². The van der Waals surface area contributed by atoms with Gasteiger partial charge in [0.1, 0.15) is 11.5 Å². The third-order valence-electron chi connectivity index (χ3n) is 2.37. The second kappa shape index (κ2) is 4.79. The van der Waals surface area contributed by atoms with Crippen molar-refractivity contribution in [1.29, 1.82) is 0 Å². The molecule has 1 atom stereocenters. The van der Waals surface area contributed by atoms with Crippen molar-refractivity contribution in [2.24, 2.45) is 5.73 Å². The van der Waals surface area contributed by atoms with E-state index in [1.807, 2.05) is 12.1 Å². The van der Waals surface area contributed by atoms with E-state index >= 15 is 0 Å². The average molecular weight is 235 g/mol. The molecule has 7 nitrogen and oxygen atoms in total. The minimum Gasteiger partial charge on any atom is -0.497 e. The van der Waals surface area contributed by atoms with Gasteiger partial charge in [0, 0.05) is 6.07 Å². The molecule has 7 heteroatoms. The number of aromatic amines is 1. The first kappa shape index (κ1) is 11.3. The van der Waals surface area contributed by atoms with E-state index in [0.29, 0.717) is 17.3 Å². The maximum absolute atomic E-state index is 6.01. The molecular weight excluding hydrogens is 222 g/mol. The van der Waals surface area contributed by atoms with Gasteiger partial charge in [-0.1, -0.05) is 5.21 Å². The molecule has 17 heavy (non-hydrogen) atoms. The van der Waals surface area contributed by atoms with Crippen molar-refractivity contribution >= 4 is 0 Å². The number of rotatable bonds is 4. The Morgan fingerprint density at radius 2 is 1.82 bits per heavy atom. The number of tetrazole rings is 1. The third kappa shape index (κ3) is 2.34. The van der Waals surface area contributed by atoms with E-state index < -0.39 is 6.04 Å². The van der Waals surface area contributed by atoms with Gasteiger partial charge in [-0.05, 0) is 17.7 Å². The number of nitrogens with one attached hydrogen (secondary N) is 1. The summed E-state index contributed by atoms with van der Waals surface area (Å²) in [5.41, 5.74) is 6.81. The first-order chi connectivity index (χ1) is 8.24. The summed E-state index contributed by atoms with van der Waals surface area (Å²) in [7, 11) is 3.16. The molecule has 1 heterocycles. The Kier molecular flexibility index (Phi) is 3.20. The van der Waals surface area contributed by atoms with Crippen LogP contribution in [0.1, 0.15) is 17.4 Å². The molecule has 0 spiro atoms. The zero-order chi connectivity index (χ0) is 12.3. The van der Waals surface area contributed by atoms with Crippen molar-refractivity contribution in [3.05, 3.63) is 29.6 Å². The molecule has 0 saturated carbocycles.